The van der Waals surface area contributed by atoms with Gasteiger partial charge in [0.05, 0.1) is 23.0 Å². The van der Waals surface area contributed by atoms with Crippen LogP contribution in [0.5, 0.6) is 28.7 Å². The van der Waals surface area contributed by atoms with Crippen molar-refractivity contribution in [3.8, 4) is 28.7 Å². The van der Waals surface area contributed by atoms with Crippen LogP contribution in [0.2, 0.25) is 0 Å². The standard InChI is InChI=1S/C48H42O18P4/c1-29-4-6-30(7-5-29)46(49)31-8-18-38(19-9-31)64-41-23-14-34(26-43(41)67(53)54)48(2,35-15-24-42(62-3)45(27-35)70(60,61)66-52)33-12-20-37(21-13-33)63-36-16-10-32(11-17-36)47(50)40-28-39(69(58,59)65-51)22-25-44(40)68(55,56)57/h4-28,51-52,67H,1-3H3,(H,53,54)(H,58,59)(H,60,61)(H2,55,56,57). The van der Waals surface area contributed by atoms with E-state index in [0.29, 0.717) is 27.8 Å². The fraction of sp³-hybridized carbons (Fsp3) is 0.0833. The van der Waals surface area contributed by atoms with Gasteiger partial charge in [0.15, 0.2) is 11.6 Å². The molecular weight excluding hydrogens is 988 g/mol. The number of carbonyl (C=O) groups excluding carboxylic acids is 2. The van der Waals surface area contributed by atoms with Crippen molar-refractivity contribution >= 4 is 63.6 Å². The quantitative estimate of drug-likeness (QED) is 0.0141. The fourth-order valence-electron chi connectivity index (χ4n) is 7.54. The molecule has 4 atom stereocenters. The number of ketones is 2. The van der Waals surface area contributed by atoms with E-state index < -0.39 is 58.2 Å². The van der Waals surface area contributed by atoms with Crippen molar-refractivity contribution in [1.82, 2.24) is 0 Å². The smallest absolute Gasteiger partial charge is 0.389 e. The number of aryl methyl sites for hydroxylation is 1. The molecular formula is C48H42O18P4. The number of benzene rings is 7. The molecule has 0 aliphatic carbocycles. The second kappa shape index (κ2) is 20.7. The zero-order valence-electron chi connectivity index (χ0n) is 36.9. The summed E-state index contributed by atoms with van der Waals surface area (Å²) in [5, 5.41) is 16.5. The summed E-state index contributed by atoms with van der Waals surface area (Å²) in [5.74, 6) is -0.438. The Labute approximate surface area is 399 Å². The predicted octanol–water partition coefficient (Wildman–Crippen LogP) is 7.90. The van der Waals surface area contributed by atoms with Gasteiger partial charge in [-0.2, -0.15) is 0 Å². The molecule has 0 fully saturated rings. The number of hydrogen-bond donors (Lipinski definition) is 7. The SMILES string of the molecule is COc1ccc(C(C)(c2ccc(Oc3ccc(C(=O)c4cc(P(=O)(O)OO)ccc4P(=O)(O)O)cc3)cc2)c2ccc(Oc3ccc(C(=O)c4ccc(C)cc4)cc3)c([PH](=O)O)c2)cc1P(=O)(O)OO. The van der Waals surface area contributed by atoms with Crippen LogP contribution in [0.3, 0.4) is 0 Å². The summed E-state index contributed by atoms with van der Waals surface area (Å²) in [6.45, 7) is 3.66. The van der Waals surface area contributed by atoms with Crippen molar-refractivity contribution in [3.63, 3.8) is 0 Å². The van der Waals surface area contributed by atoms with Gasteiger partial charge in [-0.15, -0.1) is 9.35 Å². The molecule has 0 radical (unpaired) electrons. The molecule has 7 N–H and O–H groups in total. The largest absolute Gasteiger partial charge is 0.496 e. The van der Waals surface area contributed by atoms with Gasteiger partial charge in [-0.3, -0.25) is 27.8 Å². The minimum absolute atomic E-state index is 0.0403. The predicted molar refractivity (Wildman–Crippen MR) is 258 cm³/mol. The van der Waals surface area contributed by atoms with Crippen molar-refractivity contribution in [2.45, 2.75) is 19.3 Å². The molecule has 18 nitrogen and oxygen atoms in total. The van der Waals surface area contributed by atoms with E-state index in [1.807, 2.05) is 19.1 Å². The molecule has 0 aliphatic heterocycles. The normalized spacial score (nSPS) is 14.6. The summed E-state index contributed by atoms with van der Waals surface area (Å²) < 4.78 is 75.7. The average molecular weight is 1030 g/mol. The van der Waals surface area contributed by atoms with E-state index in [9.17, 15) is 57.6 Å². The van der Waals surface area contributed by atoms with Crippen molar-refractivity contribution < 1.29 is 86.4 Å². The van der Waals surface area contributed by atoms with Crippen LogP contribution < -0.4 is 35.4 Å². The van der Waals surface area contributed by atoms with Gasteiger partial charge in [0.1, 0.15) is 34.1 Å². The topological polar surface area (TPSA) is 290 Å². The summed E-state index contributed by atoms with van der Waals surface area (Å²) >= 11 is 0. The lowest BCUT2D eigenvalue weighted by molar-refractivity contribution is -0.143. The molecule has 0 amide bonds. The van der Waals surface area contributed by atoms with E-state index in [-0.39, 0.29) is 50.7 Å². The van der Waals surface area contributed by atoms with Gasteiger partial charge < -0.3 is 38.7 Å². The number of hydrogen-bond acceptors (Lipinski definition) is 13. The maximum atomic E-state index is 13.5. The first-order valence-corrected chi connectivity index (χ1v) is 26.6. The second-order valence-corrected chi connectivity index (χ2v) is 21.9. The molecule has 0 aliphatic rings. The summed E-state index contributed by atoms with van der Waals surface area (Å²) in [4.78, 5) is 77.6. The first-order valence-electron chi connectivity index (χ1n) is 20.5. The molecule has 7 aromatic carbocycles. The van der Waals surface area contributed by atoms with E-state index in [1.165, 1.54) is 55.6 Å². The number of ether oxygens (including phenoxy) is 3. The number of rotatable bonds is 18. The van der Waals surface area contributed by atoms with Gasteiger partial charge in [0.2, 0.25) is 8.03 Å². The van der Waals surface area contributed by atoms with E-state index in [1.54, 1.807) is 79.7 Å². The Hall–Kier alpha value is -6.16. The van der Waals surface area contributed by atoms with Crippen LogP contribution in [0.25, 0.3) is 0 Å². The molecule has 0 saturated heterocycles. The van der Waals surface area contributed by atoms with Crippen LogP contribution in [-0.4, -0.2) is 53.7 Å². The van der Waals surface area contributed by atoms with Gasteiger partial charge in [-0.1, -0.05) is 54.1 Å². The van der Waals surface area contributed by atoms with Crippen molar-refractivity contribution in [1.29, 1.82) is 0 Å². The molecule has 7 rings (SSSR count). The molecule has 0 heterocycles. The monoisotopic (exact) mass is 1030 g/mol. The fourth-order valence-corrected chi connectivity index (χ4v) is 10.4. The van der Waals surface area contributed by atoms with E-state index in [4.69, 9.17) is 19.5 Å². The second-order valence-electron chi connectivity index (χ2n) is 15.8. The lowest BCUT2D eigenvalue weighted by atomic mass is 9.71. The van der Waals surface area contributed by atoms with Crippen molar-refractivity contribution in [3.05, 3.63) is 196 Å². The Morgan fingerprint density at radius 3 is 1.53 bits per heavy atom. The zero-order valence-corrected chi connectivity index (χ0v) is 40.6. The van der Waals surface area contributed by atoms with Gasteiger partial charge in [0.25, 0.3) is 0 Å². The maximum Gasteiger partial charge on any atom is 0.389 e. The Kier molecular flexibility index (Phi) is 15.3. The first kappa shape index (κ1) is 51.7. The Morgan fingerprint density at radius 2 is 1.01 bits per heavy atom. The van der Waals surface area contributed by atoms with E-state index >= 15 is 0 Å². The van der Waals surface area contributed by atoms with Crippen LogP contribution in [0.4, 0.5) is 0 Å². The third-order valence-electron chi connectivity index (χ3n) is 11.4. The lowest BCUT2D eigenvalue weighted by Crippen LogP contribution is -2.28. The van der Waals surface area contributed by atoms with Gasteiger partial charge >= 0.3 is 22.8 Å². The van der Waals surface area contributed by atoms with E-state index in [0.717, 1.165) is 23.8 Å². The first-order chi connectivity index (χ1) is 33.1. The van der Waals surface area contributed by atoms with Gasteiger partial charge in [-0.05, 0) is 134 Å². The highest BCUT2D eigenvalue weighted by Crippen LogP contribution is 2.47. The zero-order chi connectivity index (χ0) is 50.8. The third-order valence-corrected chi connectivity index (χ3v) is 15.6. The average Bonchev–Trinajstić information content (AvgIpc) is 3.36. The minimum atomic E-state index is -5.08. The summed E-state index contributed by atoms with van der Waals surface area (Å²) in [5.41, 5.74) is 1.14. The highest BCUT2D eigenvalue weighted by atomic mass is 31.2. The Balaban J connectivity index is 1.21. The third kappa shape index (κ3) is 10.9. The molecule has 7 aromatic rings. The molecule has 0 aromatic heterocycles. The summed E-state index contributed by atoms with van der Waals surface area (Å²) in [6, 6.07) is 36.5. The Morgan fingerprint density at radius 1 is 0.543 bits per heavy atom. The highest BCUT2D eigenvalue weighted by molar-refractivity contribution is 7.62. The lowest BCUT2D eigenvalue weighted by Gasteiger charge is -2.33. The summed E-state index contributed by atoms with van der Waals surface area (Å²) in [7, 11) is -17.0. The van der Waals surface area contributed by atoms with Crippen LogP contribution in [-0.2, 0) is 33.0 Å². The minimum Gasteiger partial charge on any atom is -0.496 e. The van der Waals surface area contributed by atoms with Gasteiger partial charge in [-0.25, -0.2) is 10.5 Å². The van der Waals surface area contributed by atoms with Crippen molar-refractivity contribution in [2.24, 2.45) is 0 Å². The summed E-state index contributed by atoms with van der Waals surface area (Å²) in [6.07, 6.45) is 0. The molecule has 0 saturated carbocycles. The number of methoxy groups -OCH3 is 1. The highest BCUT2D eigenvalue weighted by Gasteiger charge is 2.37. The number of carbonyl (C=O) groups is 2. The van der Waals surface area contributed by atoms with E-state index in [2.05, 4.69) is 9.35 Å². The van der Waals surface area contributed by atoms with Crippen LogP contribution in [0.1, 0.15) is 61.0 Å². The van der Waals surface area contributed by atoms with Crippen molar-refractivity contribution in [2.75, 3.05) is 7.11 Å². The van der Waals surface area contributed by atoms with Gasteiger partial charge in [0, 0.05) is 27.7 Å². The van der Waals surface area contributed by atoms with Crippen LogP contribution in [0.15, 0.2) is 152 Å². The molecule has 22 heteroatoms. The molecule has 0 bridgehead atoms. The Bertz CT molecular complexity index is 3280. The molecule has 362 valence electrons. The van der Waals surface area contributed by atoms with Crippen LogP contribution in [0, 0.1) is 6.92 Å². The molecule has 0 spiro atoms. The maximum absolute atomic E-state index is 13.5. The molecule has 4 unspecified atom stereocenters. The van der Waals surface area contributed by atoms with Crippen LogP contribution >= 0.6 is 30.8 Å². The molecule has 70 heavy (non-hydrogen) atoms.